The number of esters is 1. The van der Waals surface area contributed by atoms with Gasteiger partial charge in [-0.05, 0) is 29.5 Å². The molecule has 0 aliphatic rings. The molecule has 0 aromatic heterocycles. The predicted molar refractivity (Wildman–Crippen MR) is 70.4 cm³/mol. The maximum atomic E-state index is 11.5. The van der Waals surface area contributed by atoms with E-state index in [2.05, 4.69) is 26.8 Å². The summed E-state index contributed by atoms with van der Waals surface area (Å²) in [4.78, 5) is 11.5. The Morgan fingerprint density at radius 1 is 1.24 bits per heavy atom. The Morgan fingerprint density at radius 2 is 1.82 bits per heavy atom. The molecular weight excluding hydrogens is 212 g/mol. The minimum Gasteiger partial charge on any atom is -0.426 e. The van der Waals surface area contributed by atoms with Gasteiger partial charge in [-0.2, -0.15) is 0 Å². The quantitative estimate of drug-likeness (QED) is 0.574. The molecule has 0 heterocycles. The molecule has 0 saturated heterocycles. The van der Waals surface area contributed by atoms with Crippen LogP contribution in [0.5, 0.6) is 5.75 Å². The summed E-state index contributed by atoms with van der Waals surface area (Å²) in [5.74, 6) is 0.380. The van der Waals surface area contributed by atoms with Crippen molar-refractivity contribution >= 4 is 5.97 Å². The number of ether oxygens (including phenoxy) is 1. The smallest absolute Gasteiger partial charge is 0.313 e. The van der Waals surface area contributed by atoms with E-state index < -0.39 is 0 Å². The van der Waals surface area contributed by atoms with Crippen LogP contribution in [0.4, 0.5) is 0 Å². The van der Waals surface area contributed by atoms with Gasteiger partial charge >= 0.3 is 5.97 Å². The van der Waals surface area contributed by atoms with Crippen LogP contribution in [0.25, 0.3) is 0 Å². The van der Waals surface area contributed by atoms with Crippen molar-refractivity contribution in [3.63, 3.8) is 0 Å². The van der Waals surface area contributed by atoms with E-state index in [9.17, 15) is 4.79 Å². The lowest BCUT2D eigenvalue weighted by Crippen LogP contribution is -2.16. The number of rotatable bonds is 2. The molecule has 1 aromatic rings. The van der Waals surface area contributed by atoms with Crippen LogP contribution in [0.1, 0.15) is 45.7 Å². The normalized spacial score (nSPS) is 11.7. The van der Waals surface area contributed by atoms with E-state index in [4.69, 9.17) is 4.74 Å². The minimum atomic E-state index is -0.184. The number of aryl methyl sites for hydroxylation is 1. The first-order valence-corrected chi connectivity index (χ1v) is 6.04. The van der Waals surface area contributed by atoms with E-state index in [1.54, 1.807) is 0 Å². The van der Waals surface area contributed by atoms with Crippen LogP contribution < -0.4 is 4.74 Å². The van der Waals surface area contributed by atoms with Crippen molar-refractivity contribution < 1.29 is 9.53 Å². The highest BCUT2D eigenvalue weighted by molar-refractivity contribution is 5.74. The Balaban J connectivity index is 2.95. The van der Waals surface area contributed by atoms with E-state index in [1.165, 1.54) is 5.56 Å². The molecule has 0 bridgehead atoms. The topological polar surface area (TPSA) is 26.3 Å². The largest absolute Gasteiger partial charge is 0.426 e. The third kappa shape index (κ3) is 3.58. The van der Waals surface area contributed by atoms with Crippen molar-refractivity contribution in [2.24, 2.45) is 5.92 Å². The summed E-state index contributed by atoms with van der Waals surface area (Å²) in [6.45, 7) is 12.1. The number of carbonyl (C=O) groups is 1. The molecule has 1 aromatic carbocycles. The van der Waals surface area contributed by atoms with Gasteiger partial charge in [-0.25, -0.2) is 0 Å². The fraction of sp³-hybridized carbons (Fsp3) is 0.533. The van der Waals surface area contributed by atoms with Crippen LogP contribution in [0.3, 0.4) is 0 Å². The Hall–Kier alpha value is -1.31. The second-order valence-electron chi connectivity index (χ2n) is 5.81. The molecule has 0 unspecified atom stereocenters. The summed E-state index contributed by atoms with van der Waals surface area (Å²) in [7, 11) is 0. The molecule has 94 valence electrons. The van der Waals surface area contributed by atoms with Crippen molar-refractivity contribution in [2.45, 2.75) is 47.0 Å². The lowest BCUT2D eigenvalue weighted by atomic mass is 9.86. The third-order valence-corrected chi connectivity index (χ3v) is 2.72. The standard InChI is InChI=1S/C15H22O2/c1-10(2)14(16)17-13-8-7-12(9-11(13)3)15(4,5)6/h7-10H,1-6H3. The average Bonchev–Trinajstić information content (AvgIpc) is 2.19. The molecular formula is C15H22O2. The molecule has 0 saturated carbocycles. The molecule has 0 N–H and O–H groups in total. The van der Waals surface area contributed by atoms with Crippen LogP contribution in [0.15, 0.2) is 18.2 Å². The zero-order chi connectivity index (χ0) is 13.2. The molecule has 1 rings (SSSR count). The van der Waals surface area contributed by atoms with Gasteiger partial charge in [0.15, 0.2) is 0 Å². The summed E-state index contributed by atoms with van der Waals surface area (Å²) in [5, 5.41) is 0. The fourth-order valence-electron chi connectivity index (χ4n) is 1.46. The van der Waals surface area contributed by atoms with Gasteiger partial charge in [0.05, 0.1) is 5.92 Å². The summed E-state index contributed by atoms with van der Waals surface area (Å²) in [6, 6.07) is 6.00. The number of carbonyl (C=O) groups excluding carboxylic acids is 1. The molecule has 0 amide bonds. The third-order valence-electron chi connectivity index (χ3n) is 2.72. The molecule has 2 nitrogen and oxygen atoms in total. The maximum absolute atomic E-state index is 11.5. The second kappa shape index (κ2) is 4.91. The summed E-state index contributed by atoms with van der Waals surface area (Å²) in [5.41, 5.74) is 2.37. The summed E-state index contributed by atoms with van der Waals surface area (Å²) >= 11 is 0. The van der Waals surface area contributed by atoms with Crippen molar-refractivity contribution in [1.82, 2.24) is 0 Å². The highest BCUT2D eigenvalue weighted by Gasteiger charge is 2.16. The van der Waals surface area contributed by atoms with Crippen LogP contribution in [0.2, 0.25) is 0 Å². The first kappa shape index (κ1) is 13.8. The second-order valence-corrected chi connectivity index (χ2v) is 5.81. The lowest BCUT2D eigenvalue weighted by molar-refractivity contribution is -0.137. The molecule has 0 aliphatic carbocycles. The van der Waals surface area contributed by atoms with Gasteiger partial charge in [-0.3, -0.25) is 4.79 Å². The van der Waals surface area contributed by atoms with Crippen molar-refractivity contribution in [3.8, 4) is 5.75 Å². The first-order chi connectivity index (χ1) is 7.71. The Kier molecular flexibility index (Phi) is 3.97. The highest BCUT2D eigenvalue weighted by Crippen LogP contribution is 2.27. The van der Waals surface area contributed by atoms with Gasteiger partial charge in [0.2, 0.25) is 0 Å². The molecule has 0 spiro atoms. The average molecular weight is 234 g/mol. The minimum absolute atomic E-state index is 0.100. The van der Waals surface area contributed by atoms with Crippen molar-refractivity contribution in [3.05, 3.63) is 29.3 Å². The fourth-order valence-corrected chi connectivity index (χ4v) is 1.46. The van der Waals surface area contributed by atoms with E-state index in [-0.39, 0.29) is 17.3 Å². The molecule has 0 aliphatic heterocycles. The van der Waals surface area contributed by atoms with E-state index in [0.717, 1.165) is 5.56 Å². The summed E-state index contributed by atoms with van der Waals surface area (Å²) in [6.07, 6.45) is 0. The first-order valence-electron chi connectivity index (χ1n) is 6.04. The van der Waals surface area contributed by atoms with Gasteiger partial charge in [0.25, 0.3) is 0 Å². The Labute approximate surface area is 104 Å². The lowest BCUT2D eigenvalue weighted by Gasteiger charge is -2.20. The monoisotopic (exact) mass is 234 g/mol. The van der Waals surface area contributed by atoms with E-state index in [1.807, 2.05) is 32.9 Å². The number of hydrogen-bond donors (Lipinski definition) is 0. The van der Waals surface area contributed by atoms with Crippen molar-refractivity contribution in [2.75, 3.05) is 0 Å². The molecule has 0 atom stereocenters. The molecule has 2 heteroatoms. The highest BCUT2D eigenvalue weighted by atomic mass is 16.5. The molecule has 0 radical (unpaired) electrons. The number of hydrogen-bond acceptors (Lipinski definition) is 2. The van der Waals surface area contributed by atoms with Crippen LogP contribution in [-0.2, 0) is 10.2 Å². The van der Waals surface area contributed by atoms with Gasteiger partial charge in [0.1, 0.15) is 5.75 Å². The SMILES string of the molecule is Cc1cc(C(C)(C)C)ccc1OC(=O)C(C)C. The molecule has 17 heavy (non-hydrogen) atoms. The van der Waals surface area contributed by atoms with Crippen LogP contribution >= 0.6 is 0 Å². The molecule has 0 fully saturated rings. The number of benzene rings is 1. The van der Waals surface area contributed by atoms with E-state index in [0.29, 0.717) is 5.75 Å². The summed E-state index contributed by atoms with van der Waals surface area (Å²) < 4.78 is 5.34. The van der Waals surface area contributed by atoms with Gasteiger partial charge in [-0.1, -0.05) is 46.8 Å². The Morgan fingerprint density at radius 3 is 2.24 bits per heavy atom. The van der Waals surface area contributed by atoms with Crippen LogP contribution in [0, 0.1) is 12.8 Å². The van der Waals surface area contributed by atoms with E-state index >= 15 is 0 Å². The van der Waals surface area contributed by atoms with Gasteiger partial charge < -0.3 is 4.74 Å². The zero-order valence-corrected chi connectivity index (χ0v) is 11.6. The predicted octanol–water partition coefficient (Wildman–Crippen LogP) is 3.85. The van der Waals surface area contributed by atoms with Crippen molar-refractivity contribution in [1.29, 1.82) is 0 Å². The van der Waals surface area contributed by atoms with Gasteiger partial charge in [0, 0.05) is 0 Å². The van der Waals surface area contributed by atoms with Gasteiger partial charge in [-0.15, -0.1) is 0 Å². The maximum Gasteiger partial charge on any atom is 0.313 e. The Bertz CT molecular complexity index is 411. The van der Waals surface area contributed by atoms with Crippen LogP contribution in [-0.4, -0.2) is 5.97 Å². The zero-order valence-electron chi connectivity index (χ0n) is 11.6.